The zero-order valence-electron chi connectivity index (χ0n) is 11.1. The van der Waals surface area contributed by atoms with E-state index in [0.29, 0.717) is 33.8 Å². The Balaban J connectivity index is 1.96. The van der Waals surface area contributed by atoms with Gasteiger partial charge in [-0.25, -0.2) is 15.8 Å². The molecule has 1 heterocycles. The van der Waals surface area contributed by atoms with Gasteiger partial charge in [0.1, 0.15) is 23.5 Å². The van der Waals surface area contributed by atoms with Crippen molar-refractivity contribution in [1.29, 1.82) is 5.26 Å². The van der Waals surface area contributed by atoms with Crippen molar-refractivity contribution in [2.45, 2.75) is 18.8 Å². The number of nitriles is 1. The minimum Gasteiger partial charge on any atom is -0.339 e. The minimum absolute atomic E-state index is 0.397. The van der Waals surface area contributed by atoms with Crippen molar-refractivity contribution in [2.24, 2.45) is 5.84 Å². The maximum absolute atomic E-state index is 9.14. The van der Waals surface area contributed by atoms with E-state index >= 15 is 0 Å². The average molecular weight is 301 g/mol. The van der Waals surface area contributed by atoms with Crippen molar-refractivity contribution in [3.05, 3.63) is 40.7 Å². The van der Waals surface area contributed by atoms with Gasteiger partial charge in [-0.15, -0.1) is 0 Å². The van der Waals surface area contributed by atoms with Gasteiger partial charge in [0.2, 0.25) is 0 Å². The van der Waals surface area contributed by atoms with Crippen LogP contribution in [0.1, 0.15) is 30.1 Å². The second-order valence-electron chi connectivity index (χ2n) is 4.84. The summed E-state index contributed by atoms with van der Waals surface area (Å²) in [6.45, 7) is 0. The van der Waals surface area contributed by atoms with Gasteiger partial charge in [0.15, 0.2) is 0 Å². The lowest BCUT2D eigenvalue weighted by molar-refractivity contribution is 0.929. The molecule has 1 fully saturated rings. The number of nitrogen functional groups attached to an aromatic ring is 1. The van der Waals surface area contributed by atoms with Crippen molar-refractivity contribution >= 4 is 28.9 Å². The van der Waals surface area contributed by atoms with E-state index in [0.717, 1.165) is 18.7 Å². The Morgan fingerprint density at radius 2 is 2.00 bits per heavy atom. The molecule has 1 aromatic heterocycles. The summed E-state index contributed by atoms with van der Waals surface area (Å²) in [7, 11) is 0. The fourth-order valence-electron chi connectivity index (χ4n) is 1.98. The molecule has 1 saturated carbocycles. The quantitative estimate of drug-likeness (QED) is 0.593. The van der Waals surface area contributed by atoms with Crippen LogP contribution in [0, 0.1) is 11.3 Å². The highest BCUT2D eigenvalue weighted by atomic mass is 35.5. The number of benzene rings is 1. The molecule has 0 unspecified atom stereocenters. The molecule has 4 N–H and O–H groups in total. The monoisotopic (exact) mass is 300 g/mol. The molecule has 0 aliphatic heterocycles. The Morgan fingerprint density at radius 1 is 1.24 bits per heavy atom. The molecule has 0 amide bonds. The largest absolute Gasteiger partial charge is 0.339 e. The Hall–Kier alpha value is -2.36. The summed E-state index contributed by atoms with van der Waals surface area (Å²) >= 11 is 5.98. The maximum Gasteiger partial charge on any atom is 0.145 e. The van der Waals surface area contributed by atoms with Crippen molar-refractivity contribution < 1.29 is 0 Å². The number of nitrogens with one attached hydrogen (secondary N) is 2. The highest BCUT2D eigenvalue weighted by Crippen LogP contribution is 2.39. The molecule has 0 radical (unpaired) electrons. The van der Waals surface area contributed by atoms with E-state index < -0.39 is 0 Å². The second-order valence-corrected chi connectivity index (χ2v) is 5.28. The number of hydrogen-bond acceptors (Lipinski definition) is 6. The molecule has 1 aliphatic rings. The molecule has 3 rings (SSSR count). The van der Waals surface area contributed by atoms with E-state index in [1.165, 1.54) is 0 Å². The van der Waals surface area contributed by atoms with Crippen LogP contribution in [0.2, 0.25) is 5.02 Å². The van der Waals surface area contributed by atoms with Gasteiger partial charge in [0.05, 0.1) is 11.3 Å². The fourth-order valence-corrected chi connectivity index (χ4v) is 2.16. The van der Waals surface area contributed by atoms with Gasteiger partial charge >= 0.3 is 0 Å². The number of nitrogens with zero attached hydrogens (tertiary/aromatic N) is 3. The van der Waals surface area contributed by atoms with Crippen LogP contribution >= 0.6 is 11.6 Å². The van der Waals surface area contributed by atoms with Gasteiger partial charge in [0, 0.05) is 17.0 Å². The maximum atomic E-state index is 9.14. The molecule has 21 heavy (non-hydrogen) atoms. The van der Waals surface area contributed by atoms with Gasteiger partial charge in [-0.3, -0.25) is 0 Å². The highest BCUT2D eigenvalue weighted by molar-refractivity contribution is 6.30. The van der Waals surface area contributed by atoms with E-state index in [1.807, 2.05) is 0 Å². The first-order chi connectivity index (χ1) is 10.2. The molecular weight excluding hydrogens is 288 g/mol. The molecule has 6 nitrogen and oxygen atoms in total. The third-order valence-corrected chi connectivity index (χ3v) is 3.43. The van der Waals surface area contributed by atoms with Crippen LogP contribution in [-0.4, -0.2) is 9.97 Å². The SMILES string of the molecule is N#Cc1ccc(Cl)cc1Nc1cc(NN)nc(C2CC2)n1. The number of hydrogen-bond donors (Lipinski definition) is 3. The Morgan fingerprint density at radius 3 is 2.67 bits per heavy atom. The first kappa shape index (κ1) is 13.6. The minimum atomic E-state index is 0.397. The standard InChI is InChI=1S/C14H13ClN6/c15-10-4-3-9(7-16)11(5-10)18-12-6-13(21-17)20-14(19-12)8-1-2-8/h3-6,8H,1-2,17H2,(H2,18,19,20,21). The first-order valence-electron chi connectivity index (χ1n) is 6.52. The molecule has 0 spiro atoms. The number of halogens is 1. The number of rotatable bonds is 4. The molecule has 2 aromatic rings. The first-order valence-corrected chi connectivity index (χ1v) is 6.89. The number of hydrazine groups is 1. The lowest BCUT2D eigenvalue weighted by atomic mass is 10.2. The van der Waals surface area contributed by atoms with E-state index in [-0.39, 0.29) is 0 Å². The Bertz CT molecular complexity index is 720. The lowest BCUT2D eigenvalue weighted by Gasteiger charge is -2.11. The van der Waals surface area contributed by atoms with Gasteiger partial charge < -0.3 is 10.7 Å². The van der Waals surface area contributed by atoms with E-state index in [4.69, 9.17) is 22.7 Å². The predicted molar refractivity (Wildman–Crippen MR) is 81.3 cm³/mol. The second kappa shape index (κ2) is 5.56. The van der Waals surface area contributed by atoms with Gasteiger partial charge in [-0.05, 0) is 31.0 Å². The van der Waals surface area contributed by atoms with Crippen molar-refractivity contribution in [1.82, 2.24) is 9.97 Å². The van der Waals surface area contributed by atoms with Crippen LogP contribution in [0.5, 0.6) is 0 Å². The zero-order chi connectivity index (χ0) is 14.8. The summed E-state index contributed by atoms with van der Waals surface area (Å²) in [5, 5.41) is 12.8. The van der Waals surface area contributed by atoms with Crippen LogP contribution in [0.15, 0.2) is 24.3 Å². The Labute approximate surface area is 126 Å². The number of anilines is 3. The summed E-state index contributed by atoms with van der Waals surface area (Å²) < 4.78 is 0. The summed E-state index contributed by atoms with van der Waals surface area (Å²) in [6, 6.07) is 8.83. The molecule has 1 aliphatic carbocycles. The molecule has 1 aromatic carbocycles. The topological polar surface area (TPSA) is 99.7 Å². The summed E-state index contributed by atoms with van der Waals surface area (Å²) in [6.07, 6.45) is 2.18. The molecule has 7 heteroatoms. The summed E-state index contributed by atoms with van der Waals surface area (Å²) in [5.41, 5.74) is 3.63. The zero-order valence-corrected chi connectivity index (χ0v) is 11.9. The van der Waals surface area contributed by atoms with Crippen LogP contribution in [0.3, 0.4) is 0 Å². The van der Waals surface area contributed by atoms with E-state index in [1.54, 1.807) is 24.3 Å². The number of nitrogens with two attached hydrogens (primary N) is 1. The van der Waals surface area contributed by atoms with Crippen LogP contribution in [0.25, 0.3) is 0 Å². The number of aromatic nitrogens is 2. The molecule has 106 valence electrons. The molecule has 0 bridgehead atoms. The summed E-state index contributed by atoms with van der Waals surface area (Å²) in [5.74, 6) is 7.71. The third kappa shape index (κ3) is 3.05. The van der Waals surface area contributed by atoms with Gasteiger partial charge in [-0.1, -0.05) is 11.6 Å². The molecule has 0 atom stereocenters. The molecule has 0 saturated heterocycles. The van der Waals surface area contributed by atoms with Gasteiger partial charge in [0.25, 0.3) is 0 Å². The van der Waals surface area contributed by atoms with Crippen LogP contribution < -0.4 is 16.6 Å². The van der Waals surface area contributed by atoms with Crippen molar-refractivity contribution in [3.8, 4) is 6.07 Å². The lowest BCUT2D eigenvalue weighted by Crippen LogP contribution is -2.11. The van der Waals surface area contributed by atoms with Crippen molar-refractivity contribution in [3.63, 3.8) is 0 Å². The highest BCUT2D eigenvalue weighted by Gasteiger charge is 2.27. The molecular formula is C14H13ClN6. The normalized spacial score (nSPS) is 13.6. The van der Waals surface area contributed by atoms with Crippen LogP contribution in [0.4, 0.5) is 17.3 Å². The third-order valence-electron chi connectivity index (χ3n) is 3.20. The smallest absolute Gasteiger partial charge is 0.145 e. The average Bonchev–Trinajstić information content (AvgIpc) is 3.32. The van der Waals surface area contributed by atoms with E-state index in [9.17, 15) is 0 Å². The predicted octanol–water partition coefficient (Wildman–Crippen LogP) is 2.91. The van der Waals surface area contributed by atoms with E-state index in [2.05, 4.69) is 26.8 Å². The van der Waals surface area contributed by atoms with Crippen molar-refractivity contribution in [2.75, 3.05) is 10.7 Å². The summed E-state index contributed by atoms with van der Waals surface area (Å²) in [4.78, 5) is 8.81. The van der Waals surface area contributed by atoms with Crippen LogP contribution in [-0.2, 0) is 0 Å². The Kier molecular flexibility index (Phi) is 3.60. The van der Waals surface area contributed by atoms with Gasteiger partial charge in [-0.2, -0.15) is 5.26 Å². The fraction of sp³-hybridized carbons (Fsp3) is 0.214.